The van der Waals surface area contributed by atoms with Gasteiger partial charge in [-0.15, -0.1) is 0 Å². The van der Waals surface area contributed by atoms with Gasteiger partial charge in [-0.3, -0.25) is 4.79 Å². The summed E-state index contributed by atoms with van der Waals surface area (Å²) in [5, 5.41) is 15.6. The van der Waals surface area contributed by atoms with Crippen LogP contribution in [0.5, 0.6) is 5.75 Å². The molecule has 4 heterocycles. The summed E-state index contributed by atoms with van der Waals surface area (Å²) in [6.45, 7) is 6.91. The molecule has 1 atom stereocenters. The Hall–Kier alpha value is -4.09. The number of fused-ring (bicyclic) bond motifs is 1. The number of piperidine rings is 1. The van der Waals surface area contributed by atoms with Crippen LogP contribution in [0, 0.1) is 25.2 Å². The molecule has 0 saturated carbocycles. The maximum atomic E-state index is 13.3. The highest BCUT2D eigenvalue weighted by Gasteiger charge is 2.28. The third-order valence-corrected chi connectivity index (χ3v) is 8.21. The number of benzene rings is 2. The molecule has 6 rings (SSSR count). The molecule has 2 aliphatic heterocycles. The van der Waals surface area contributed by atoms with Crippen molar-refractivity contribution in [3.05, 3.63) is 81.4 Å². The molecule has 0 radical (unpaired) electrons. The minimum atomic E-state index is -0.277. The molecule has 8 heteroatoms. The maximum Gasteiger partial charge on any atom is 0.270 e. The molecule has 8 nitrogen and oxygen atoms in total. The standard InChI is InChI=1S/C31H33N5O3/c1-20-6-4-5-7-27(20)36-18-23(17-33-36)22-8-11-35(12-9-22)30-25-14-21(2)29(39-24-10-13-38-19-24)15-28(25)34(3)31(37)26(30)16-32/h4-7,14-15,17-18,22,24H,8-13,19H2,1-3H3/t24-/m1/s1. The number of aryl methyl sites for hydroxylation is 3. The van der Waals surface area contributed by atoms with E-state index in [4.69, 9.17) is 9.47 Å². The average molecular weight is 524 g/mol. The first-order valence-electron chi connectivity index (χ1n) is 13.6. The van der Waals surface area contributed by atoms with Crippen molar-refractivity contribution in [2.24, 2.45) is 7.05 Å². The van der Waals surface area contributed by atoms with Crippen LogP contribution in [0.2, 0.25) is 0 Å². The van der Waals surface area contributed by atoms with Crippen molar-refractivity contribution in [2.75, 3.05) is 31.2 Å². The maximum absolute atomic E-state index is 13.3. The van der Waals surface area contributed by atoms with Crippen LogP contribution in [0.1, 0.15) is 47.4 Å². The molecule has 2 aromatic heterocycles. The third-order valence-electron chi connectivity index (χ3n) is 8.21. The van der Waals surface area contributed by atoms with Gasteiger partial charge in [-0.2, -0.15) is 10.4 Å². The average Bonchev–Trinajstić information content (AvgIpc) is 3.65. The number of rotatable bonds is 5. The van der Waals surface area contributed by atoms with Gasteiger partial charge in [0.25, 0.3) is 5.56 Å². The summed E-state index contributed by atoms with van der Waals surface area (Å²) in [7, 11) is 1.73. The zero-order valence-corrected chi connectivity index (χ0v) is 22.7. The van der Waals surface area contributed by atoms with Gasteiger partial charge in [0.05, 0.1) is 36.3 Å². The Bertz CT molecular complexity index is 1630. The summed E-state index contributed by atoms with van der Waals surface area (Å²) in [5.41, 5.74) is 5.92. The van der Waals surface area contributed by atoms with Crippen LogP contribution in [-0.4, -0.2) is 46.8 Å². The highest BCUT2D eigenvalue weighted by Crippen LogP contribution is 2.37. The normalized spacial score (nSPS) is 18.0. The fourth-order valence-electron chi connectivity index (χ4n) is 5.94. The first kappa shape index (κ1) is 25.2. The van der Waals surface area contributed by atoms with Crippen molar-refractivity contribution in [1.82, 2.24) is 14.3 Å². The molecule has 0 aliphatic carbocycles. The number of para-hydroxylation sites is 1. The van der Waals surface area contributed by atoms with E-state index < -0.39 is 0 Å². The number of nitriles is 1. The summed E-state index contributed by atoms with van der Waals surface area (Å²) in [6.07, 6.45) is 6.82. The van der Waals surface area contributed by atoms with Crippen LogP contribution in [0.25, 0.3) is 16.6 Å². The van der Waals surface area contributed by atoms with Gasteiger partial charge >= 0.3 is 0 Å². The van der Waals surface area contributed by atoms with Crippen molar-refractivity contribution in [3.63, 3.8) is 0 Å². The fourth-order valence-corrected chi connectivity index (χ4v) is 5.94. The van der Waals surface area contributed by atoms with E-state index in [9.17, 15) is 10.1 Å². The van der Waals surface area contributed by atoms with Crippen molar-refractivity contribution in [3.8, 4) is 17.5 Å². The highest BCUT2D eigenvalue weighted by molar-refractivity contribution is 5.96. The number of nitrogens with zero attached hydrogens (tertiary/aromatic N) is 5. The number of ether oxygens (including phenoxy) is 2. The lowest BCUT2D eigenvalue weighted by molar-refractivity contribution is 0.141. The van der Waals surface area contributed by atoms with Gasteiger partial charge in [0, 0.05) is 44.2 Å². The minimum absolute atomic E-state index is 0.0187. The lowest BCUT2D eigenvalue weighted by Gasteiger charge is -2.34. The predicted octanol–water partition coefficient (Wildman–Crippen LogP) is 4.76. The fraction of sp³-hybridized carbons (Fsp3) is 0.387. The van der Waals surface area contributed by atoms with E-state index in [1.165, 1.54) is 11.1 Å². The minimum Gasteiger partial charge on any atom is -0.488 e. The molecule has 2 aliphatic rings. The smallest absolute Gasteiger partial charge is 0.270 e. The van der Waals surface area contributed by atoms with Gasteiger partial charge in [0.2, 0.25) is 0 Å². The summed E-state index contributed by atoms with van der Waals surface area (Å²) in [6, 6.07) is 14.5. The van der Waals surface area contributed by atoms with Crippen molar-refractivity contribution in [1.29, 1.82) is 5.26 Å². The number of anilines is 1. The quantitative estimate of drug-likeness (QED) is 0.375. The molecule has 4 aromatic rings. The molecule has 200 valence electrons. The summed E-state index contributed by atoms with van der Waals surface area (Å²) in [5.74, 6) is 1.13. The number of hydrogen-bond acceptors (Lipinski definition) is 6. The molecular formula is C31H33N5O3. The predicted molar refractivity (Wildman–Crippen MR) is 151 cm³/mol. The summed E-state index contributed by atoms with van der Waals surface area (Å²) < 4.78 is 15.2. The van der Waals surface area contributed by atoms with Gasteiger partial charge in [-0.25, -0.2) is 4.68 Å². The second-order valence-corrected chi connectivity index (χ2v) is 10.7. The van der Waals surface area contributed by atoms with Gasteiger partial charge in [0.1, 0.15) is 23.5 Å². The Morgan fingerprint density at radius 1 is 1.10 bits per heavy atom. The Morgan fingerprint density at radius 3 is 2.62 bits per heavy atom. The van der Waals surface area contributed by atoms with E-state index in [-0.39, 0.29) is 17.2 Å². The summed E-state index contributed by atoms with van der Waals surface area (Å²) in [4.78, 5) is 15.5. The SMILES string of the molecule is Cc1cc2c(N3CCC(c4cnn(-c5ccccc5C)c4)CC3)c(C#N)c(=O)n(C)c2cc1O[C@@H]1CCOC1. The molecule has 0 unspecified atom stereocenters. The molecule has 2 fully saturated rings. The van der Waals surface area contributed by atoms with Crippen molar-refractivity contribution >= 4 is 16.6 Å². The molecular weight excluding hydrogens is 490 g/mol. The van der Waals surface area contributed by atoms with E-state index in [1.807, 2.05) is 36.0 Å². The monoisotopic (exact) mass is 523 g/mol. The number of pyridine rings is 1. The third kappa shape index (κ3) is 4.57. The zero-order chi connectivity index (χ0) is 27.1. The van der Waals surface area contributed by atoms with E-state index in [1.54, 1.807) is 11.6 Å². The van der Waals surface area contributed by atoms with E-state index in [0.29, 0.717) is 19.1 Å². The zero-order valence-electron chi connectivity index (χ0n) is 22.7. The van der Waals surface area contributed by atoms with E-state index >= 15 is 0 Å². The van der Waals surface area contributed by atoms with Gasteiger partial charge < -0.3 is 18.9 Å². The van der Waals surface area contributed by atoms with Crippen LogP contribution in [-0.2, 0) is 11.8 Å². The van der Waals surface area contributed by atoms with Crippen molar-refractivity contribution in [2.45, 2.75) is 45.1 Å². The lowest BCUT2D eigenvalue weighted by atomic mass is 9.90. The largest absolute Gasteiger partial charge is 0.488 e. The van der Waals surface area contributed by atoms with E-state index in [0.717, 1.165) is 65.9 Å². The molecule has 0 spiro atoms. The summed E-state index contributed by atoms with van der Waals surface area (Å²) >= 11 is 0. The van der Waals surface area contributed by atoms with Crippen molar-refractivity contribution < 1.29 is 9.47 Å². The number of aromatic nitrogens is 3. The Morgan fingerprint density at radius 2 is 1.90 bits per heavy atom. The van der Waals surface area contributed by atoms with Crippen LogP contribution < -0.4 is 15.2 Å². The van der Waals surface area contributed by atoms with Crippen LogP contribution in [0.15, 0.2) is 53.6 Å². The topological polar surface area (TPSA) is 85.3 Å². The molecule has 0 bridgehead atoms. The molecule has 39 heavy (non-hydrogen) atoms. The van der Waals surface area contributed by atoms with Gasteiger partial charge in [-0.05, 0) is 61.4 Å². The highest BCUT2D eigenvalue weighted by atomic mass is 16.5. The molecule has 2 aromatic carbocycles. The molecule has 2 saturated heterocycles. The first-order chi connectivity index (χ1) is 18.9. The van der Waals surface area contributed by atoms with Crippen LogP contribution in [0.4, 0.5) is 5.69 Å². The molecule has 0 amide bonds. The lowest BCUT2D eigenvalue weighted by Crippen LogP contribution is -2.35. The van der Waals surface area contributed by atoms with Gasteiger partial charge in [0.15, 0.2) is 0 Å². The second-order valence-electron chi connectivity index (χ2n) is 10.7. The molecule has 0 N–H and O–H groups in total. The van der Waals surface area contributed by atoms with Crippen LogP contribution >= 0.6 is 0 Å². The number of hydrogen-bond donors (Lipinski definition) is 0. The Kier molecular flexibility index (Phi) is 6.61. The Balaban J connectivity index is 1.30. The first-order valence-corrected chi connectivity index (χ1v) is 13.6. The Labute approximate surface area is 228 Å². The van der Waals surface area contributed by atoms with Gasteiger partial charge in [-0.1, -0.05) is 18.2 Å². The van der Waals surface area contributed by atoms with Crippen LogP contribution in [0.3, 0.4) is 0 Å². The van der Waals surface area contributed by atoms with E-state index in [2.05, 4.69) is 47.4 Å². The second kappa shape index (κ2) is 10.2.